The van der Waals surface area contributed by atoms with Gasteiger partial charge in [0, 0.05) is 6.54 Å². The molecule has 0 saturated heterocycles. The Hall–Kier alpha value is -2.69. The summed E-state index contributed by atoms with van der Waals surface area (Å²) in [6, 6.07) is 12.5. The summed E-state index contributed by atoms with van der Waals surface area (Å²) in [5, 5.41) is 9.17. The van der Waals surface area contributed by atoms with Gasteiger partial charge in [-0.1, -0.05) is 12.1 Å². The molecule has 0 unspecified atom stereocenters. The van der Waals surface area contributed by atoms with E-state index < -0.39 is 5.97 Å². The summed E-state index contributed by atoms with van der Waals surface area (Å²) in [6.07, 6.45) is 0.839. The lowest BCUT2D eigenvalue weighted by molar-refractivity contribution is 0.0697. The number of nitrogens with zero attached hydrogens (tertiary/aromatic N) is 1. The molecule has 3 rings (SSSR count). The Morgan fingerprint density at radius 3 is 2.81 bits per heavy atom. The molecule has 21 heavy (non-hydrogen) atoms. The first-order valence-corrected chi connectivity index (χ1v) is 6.79. The second kappa shape index (κ2) is 5.36. The minimum absolute atomic E-state index is 0.224. The highest BCUT2D eigenvalue weighted by Crippen LogP contribution is 2.38. The van der Waals surface area contributed by atoms with Gasteiger partial charge in [-0.25, -0.2) is 4.79 Å². The number of aromatic carboxylic acids is 1. The van der Waals surface area contributed by atoms with Gasteiger partial charge in [0.1, 0.15) is 5.75 Å². The lowest BCUT2D eigenvalue weighted by Gasteiger charge is -2.25. The van der Waals surface area contributed by atoms with E-state index >= 15 is 0 Å². The molecule has 108 valence electrons. The molecular formula is C16H16N2O3. The second-order valence-corrected chi connectivity index (χ2v) is 4.90. The molecule has 1 aliphatic rings. The lowest BCUT2D eigenvalue weighted by atomic mass is 10.1. The molecule has 0 aliphatic carbocycles. The molecule has 5 heteroatoms. The van der Waals surface area contributed by atoms with E-state index in [2.05, 4.69) is 0 Å². The van der Waals surface area contributed by atoms with Crippen LogP contribution in [0.4, 0.5) is 17.1 Å². The molecule has 0 atom stereocenters. The van der Waals surface area contributed by atoms with Crippen LogP contribution in [0.2, 0.25) is 0 Å². The Bertz CT molecular complexity index is 685. The monoisotopic (exact) mass is 284 g/mol. The van der Waals surface area contributed by atoms with Crippen molar-refractivity contribution in [2.75, 3.05) is 23.8 Å². The SMILES string of the molecule is Nc1ccc(C(=O)O)cc1N1CCCOc2ccccc21. The van der Waals surface area contributed by atoms with Crippen LogP contribution >= 0.6 is 0 Å². The van der Waals surface area contributed by atoms with Gasteiger partial charge in [0.2, 0.25) is 0 Å². The van der Waals surface area contributed by atoms with Gasteiger partial charge in [-0.2, -0.15) is 0 Å². The number of nitrogen functional groups attached to an aromatic ring is 1. The lowest BCUT2D eigenvalue weighted by Crippen LogP contribution is -2.19. The fourth-order valence-corrected chi connectivity index (χ4v) is 2.49. The number of fused-ring (bicyclic) bond motifs is 1. The van der Waals surface area contributed by atoms with Crippen molar-refractivity contribution in [3.8, 4) is 5.75 Å². The molecule has 2 aromatic rings. The fraction of sp³-hybridized carbons (Fsp3) is 0.188. The molecule has 0 bridgehead atoms. The minimum atomic E-state index is -0.962. The summed E-state index contributed by atoms with van der Waals surface area (Å²) < 4.78 is 5.72. The van der Waals surface area contributed by atoms with Crippen LogP contribution < -0.4 is 15.4 Å². The Kier molecular flexibility index (Phi) is 3.39. The van der Waals surface area contributed by atoms with E-state index in [0.717, 1.165) is 24.4 Å². The van der Waals surface area contributed by atoms with Crippen molar-refractivity contribution in [3.63, 3.8) is 0 Å². The zero-order valence-corrected chi connectivity index (χ0v) is 11.5. The highest BCUT2D eigenvalue weighted by molar-refractivity contribution is 5.91. The predicted octanol–water partition coefficient (Wildman–Crippen LogP) is 2.89. The van der Waals surface area contributed by atoms with Gasteiger partial charge in [0.15, 0.2) is 0 Å². The highest BCUT2D eigenvalue weighted by Gasteiger charge is 2.20. The summed E-state index contributed by atoms with van der Waals surface area (Å²) in [6.45, 7) is 1.36. The van der Waals surface area contributed by atoms with Crippen LogP contribution in [0.15, 0.2) is 42.5 Å². The van der Waals surface area contributed by atoms with E-state index in [9.17, 15) is 4.79 Å². The number of para-hydroxylation sites is 2. The Morgan fingerprint density at radius 1 is 1.19 bits per heavy atom. The summed E-state index contributed by atoms with van der Waals surface area (Å²) in [5.74, 6) is -0.175. The number of hydrogen-bond acceptors (Lipinski definition) is 4. The van der Waals surface area contributed by atoms with E-state index in [0.29, 0.717) is 18.0 Å². The molecule has 0 amide bonds. The number of carbonyl (C=O) groups is 1. The van der Waals surface area contributed by atoms with E-state index in [1.807, 2.05) is 29.2 Å². The normalized spacial score (nSPS) is 14.0. The van der Waals surface area contributed by atoms with E-state index in [-0.39, 0.29) is 5.56 Å². The fourth-order valence-electron chi connectivity index (χ4n) is 2.49. The van der Waals surface area contributed by atoms with Crippen molar-refractivity contribution in [2.24, 2.45) is 0 Å². The van der Waals surface area contributed by atoms with E-state index in [1.54, 1.807) is 12.1 Å². The van der Waals surface area contributed by atoms with Crippen LogP contribution in [0, 0.1) is 0 Å². The summed E-state index contributed by atoms with van der Waals surface area (Å²) >= 11 is 0. The molecule has 1 heterocycles. The van der Waals surface area contributed by atoms with E-state index in [4.69, 9.17) is 15.6 Å². The molecule has 1 aliphatic heterocycles. The largest absolute Gasteiger partial charge is 0.491 e. The molecule has 0 radical (unpaired) electrons. The van der Waals surface area contributed by atoms with Gasteiger partial charge < -0.3 is 20.5 Å². The zero-order chi connectivity index (χ0) is 14.8. The van der Waals surface area contributed by atoms with E-state index in [1.165, 1.54) is 6.07 Å². The van der Waals surface area contributed by atoms with Crippen molar-refractivity contribution < 1.29 is 14.6 Å². The number of rotatable bonds is 2. The third-order valence-electron chi connectivity index (χ3n) is 3.51. The number of carboxylic acid groups (broad SMARTS) is 1. The molecule has 3 N–H and O–H groups in total. The van der Waals surface area contributed by atoms with Crippen molar-refractivity contribution in [1.82, 2.24) is 0 Å². The average Bonchev–Trinajstić information content (AvgIpc) is 2.70. The maximum atomic E-state index is 11.2. The van der Waals surface area contributed by atoms with Crippen LogP contribution in [-0.4, -0.2) is 24.2 Å². The Labute approximate surface area is 122 Å². The Morgan fingerprint density at radius 2 is 2.00 bits per heavy atom. The third kappa shape index (κ3) is 2.50. The first kappa shape index (κ1) is 13.3. The first-order chi connectivity index (χ1) is 10.2. The van der Waals surface area contributed by atoms with Gasteiger partial charge in [-0.15, -0.1) is 0 Å². The van der Waals surface area contributed by atoms with Crippen LogP contribution in [0.25, 0.3) is 0 Å². The second-order valence-electron chi connectivity index (χ2n) is 4.90. The van der Waals surface area contributed by atoms with Gasteiger partial charge in [0.05, 0.1) is 29.2 Å². The van der Waals surface area contributed by atoms with Crippen molar-refractivity contribution in [2.45, 2.75) is 6.42 Å². The summed E-state index contributed by atoms with van der Waals surface area (Å²) in [4.78, 5) is 13.2. The number of anilines is 3. The third-order valence-corrected chi connectivity index (χ3v) is 3.51. The molecule has 5 nitrogen and oxygen atoms in total. The number of ether oxygens (including phenoxy) is 1. The maximum Gasteiger partial charge on any atom is 0.335 e. The quantitative estimate of drug-likeness (QED) is 0.829. The van der Waals surface area contributed by atoms with Crippen molar-refractivity contribution in [3.05, 3.63) is 48.0 Å². The first-order valence-electron chi connectivity index (χ1n) is 6.79. The standard InChI is InChI=1S/C16H16N2O3/c17-12-7-6-11(16(19)20)10-14(12)18-8-3-9-21-15-5-2-1-4-13(15)18/h1-2,4-7,10H,3,8-9,17H2,(H,19,20). The Balaban J connectivity index is 2.11. The van der Waals surface area contributed by atoms with Crippen molar-refractivity contribution >= 4 is 23.0 Å². The number of hydrogen-bond donors (Lipinski definition) is 2. The predicted molar refractivity (Wildman–Crippen MR) is 81.4 cm³/mol. The number of benzene rings is 2. The summed E-state index contributed by atoms with van der Waals surface area (Å²) in [5.41, 5.74) is 8.44. The van der Waals surface area contributed by atoms with Gasteiger partial charge in [-0.3, -0.25) is 0 Å². The molecule has 0 fully saturated rings. The highest BCUT2D eigenvalue weighted by atomic mass is 16.5. The van der Waals surface area contributed by atoms with Gasteiger partial charge in [0.25, 0.3) is 0 Å². The zero-order valence-electron chi connectivity index (χ0n) is 11.5. The van der Waals surface area contributed by atoms with Crippen LogP contribution in [0.3, 0.4) is 0 Å². The van der Waals surface area contributed by atoms with Crippen LogP contribution in [0.5, 0.6) is 5.75 Å². The van der Waals surface area contributed by atoms with Gasteiger partial charge in [-0.05, 0) is 36.8 Å². The topological polar surface area (TPSA) is 75.8 Å². The molecule has 0 aromatic heterocycles. The smallest absolute Gasteiger partial charge is 0.335 e. The van der Waals surface area contributed by atoms with Crippen LogP contribution in [0.1, 0.15) is 16.8 Å². The molecular weight excluding hydrogens is 268 g/mol. The van der Waals surface area contributed by atoms with Gasteiger partial charge >= 0.3 is 5.97 Å². The molecule has 0 spiro atoms. The number of carboxylic acids is 1. The van der Waals surface area contributed by atoms with Crippen LogP contribution in [-0.2, 0) is 0 Å². The maximum absolute atomic E-state index is 11.2. The molecule has 0 saturated carbocycles. The average molecular weight is 284 g/mol. The minimum Gasteiger partial charge on any atom is -0.491 e. The molecule has 2 aromatic carbocycles. The van der Waals surface area contributed by atoms with Crippen molar-refractivity contribution in [1.29, 1.82) is 0 Å². The summed E-state index contributed by atoms with van der Waals surface area (Å²) in [7, 11) is 0. The number of nitrogens with two attached hydrogens (primary N) is 1.